The molecular weight excluding hydrogens is 312 g/mol. The zero-order valence-electron chi connectivity index (χ0n) is 13.7. The number of pyridine rings is 1. The minimum atomic E-state index is 0.357. The Labute approximate surface area is 143 Å². The van der Waals surface area contributed by atoms with Crippen LogP contribution in [0.5, 0.6) is 0 Å². The van der Waals surface area contributed by atoms with Gasteiger partial charge in [0.15, 0.2) is 5.96 Å². The summed E-state index contributed by atoms with van der Waals surface area (Å²) in [7, 11) is 0. The van der Waals surface area contributed by atoms with E-state index in [-0.39, 0.29) is 0 Å². The maximum absolute atomic E-state index is 5.82. The van der Waals surface area contributed by atoms with Crippen molar-refractivity contribution in [3.63, 3.8) is 0 Å². The number of hydrogen-bond donors (Lipinski definition) is 1. The molecule has 1 unspecified atom stereocenters. The molecule has 0 aromatic carbocycles. The van der Waals surface area contributed by atoms with Crippen LogP contribution in [0.15, 0.2) is 23.3 Å². The largest absolute Gasteiger partial charge is 0.381 e. The standard InChI is InChI=1S/C17H25ClN4O/c1-2-19-16(20-8-5-14-3-4-15(18)21-11-14)22-9-6-17(12-22)7-10-23-13-17/h3-4,11H,2,5-10,12-13H2,1H3,(H,19,20). The van der Waals surface area contributed by atoms with E-state index in [9.17, 15) is 0 Å². The molecule has 3 rings (SSSR count). The van der Waals surface area contributed by atoms with Crippen LogP contribution in [-0.4, -0.2) is 55.2 Å². The molecule has 0 saturated carbocycles. The highest BCUT2D eigenvalue weighted by Gasteiger charge is 2.42. The van der Waals surface area contributed by atoms with Crippen LogP contribution < -0.4 is 5.32 Å². The smallest absolute Gasteiger partial charge is 0.193 e. The normalized spacial score (nSPS) is 24.6. The lowest BCUT2D eigenvalue weighted by Gasteiger charge is -2.25. The predicted octanol–water partition coefficient (Wildman–Crippen LogP) is 2.36. The molecule has 2 aliphatic rings. The Morgan fingerprint density at radius 1 is 1.48 bits per heavy atom. The molecule has 2 aliphatic heterocycles. The molecule has 1 aromatic rings. The fourth-order valence-electron chi connectivity index (χ4n) is 3.36. The Morgan fingerprint density at radius 3 is 3.09 bits per heavy atom. The van der Waals surface area contributed by atoms with E-state index < -0.39 is 0 Å². The van der Waals surface area contributed by atoms with Crippen molar-refractivity contribution in [2.45, 2.75) is 26.2 Å². The summed E-state index contributed by atoms with van der Waals surface area (Å²) in [5.74, 6) is 1.03. The number of rotatable bonds is 4. The first-order valence-corrected chi connectivity index (χ1v) is 8.80. The maximum atomic E-state index is 5.82. The fraction of sp³-hybridized carbons (Fsp3) is 0.647. The minimum absolute atomic E-state index is 0.357. The minimum Gasteiger partial charge on any atom is -0.381 e. The molecule has 0 amide bonds. The summed E-state index contributed by atoms with van der Waals surface area (Å²) in [4.78, 5) is 11.3. The first-order valence-electron chi connectivity index (χ1n) is 8.42. The Morgan fingerprint density at radius 2 is 2.39 bits per heavy atom. The van der Waals surface area contributed by atoms with Gasteiger partial charge in [-0.1, -0.05) is 17.7 Å². The first kappa shape index (κ1) is 16.5. The number of nitrogens with one attached hydrogen (secondary N) is 1. The highest BCUT2D eigenvalue weighted by molar-refractivity contribution is 6.29. The van der Waals surface area contributed by atoms with Crippen LogP contribution in [0.1, 0.15) is 25.3 Å². The Bertz CT molecular complexity index is 540. The zero-order chi connectivity index (χ0) is 16.1. The van der Waals surface area contributed by atoms with Gasteiger partial charge >= 0.3 is 0 Å². The van der Waals surface area contributed by atoms with Gasteiger partial charge in [0.25, 0.3) is 0 Å². The van der Waals surface area contributed by atoms with E-state index >= 15 is 0 Å². The quantitative estimate of drug-likeness (QED) is 0.521. The van der Waals surface area contributed by atoms with Crippen molar-refractivity contribution in [3.05, 3.63) is 29.0 Å². The van der Waals surface area contributed by atoms with Crippen molar-refractivity contribution >= 4 is 17.6 Å². The average molecular weight is 337 g/mol. The number of aliphatic imine (C=N–C) groups is 1. The molecule has 1 aromatic heterocycles. The lowest BCUT2D eigenvalue weighted by molar-refractivity contribution is 0.156. The van der Waals surface area contributed by atoms with Gasteiger partial charge in [-0.2, -0.15) is 0 Å². The van der Waals surface area contributed by atoms with Crippen LogP contribution >= 0.6 is 11.6 Å². The van der Waals surface area contributed by atoms with Gasteiger partial charge in [0.1, 0.15) is 5.15 Å². The lowest BCUT2D eigenvalue weighted by Crippen LogP contribution is -2.41. The molecule has 126 valence electrons. The number of hydrogen-bond acceptors (Lipinski definition) is 3. The van der Waals surface area contributed by atoms with Crippen LogP contribution in [0.3, 0.4) is 0 Å². The van der Waals surface area contributed by atoms with Gasteiger partial charge in [0, 0.05) is 44.4 Å². The number of nitrogens with zero attached hydrogens (tertiary/aromatic N) is 3. The van der Waals surface area contributed by atoms with Gasteiger partial charge < -0.3 is 15.0 Å². The van der Waals surface area contributed by atoms with Crippen molar-refractivity contribution in [2.75, 3.05) is 39.4 Å². The molecule has 1 N–H and O–H groups in total. The van der Waals surface area contributed by atoms with Crippen LogP contribution in [0.2, 0.25) is 5.15 Å². The summed E-state index contributed by atoms with van der Waals surface area (Å²) in [6, 6.07) is 3.84. The molecule has 2 saturated heterocycles. The second-order valence-electron chi connectivity index (χ2n) is 6.45. The summed E-state index contributed by atoms with van der Waals surface area (Å²) in [6.07, 6.45) is 5.09. The number of ether oxygens (including phenoxy) is 1. The van der Waals surface area contributed by atoms with E-state index in [1.807, 2.05) is 18.3 Å². The molecule has 0 radical (unpaired) electrons. The van der Waals surface area contributed by atoms with Crippen molar-refractivity contribution in [1.29, 1.82) is 0 Å². The highest BCUT2D eigenvalue weighted by Crippen LogP contribution is 2.38. The average Bonchev–Trinajstić information content (AvgIpc) is 3.19. The van der Waals surface area contributed by atoms with E-state index in [1.165, 1.54) is 12.8 Å². The Hall–Kier alpha value is -1.33. The number of guanidine groups is 1. The summed E-state index contributed by atoms with van der Waals surface area (Å²) in [6.45, 7) is 7.69. The fourth-order valence-corrected chi connectivity index (χ4v) is 3.47. The molecule has 0 bridgehead atoms. The number of aromatic nitrogens is 1. The van der Waals surface area contributed by atoms with Gasteiger partial charge in [-0.15, -0.1) is 0 Å². The monoisotopic (exact) mass is 336 g/mol. The van der Waals surface area contributed by atoms with Gasteiger partial charge in [0.2, 0.25) is 0 Å². The molecule has 23 heavy (non-hydrogen) atoms. The van der Waals surface area contributed by atoms with Crippen molar-refractivity contribution in [2.24, 2.45) is 10.4 Å². The second-order valence-corrected chi connectivity index (χ2v) is 6.84. The zero-order valence-corrected chi connectivity index (χ0v) is 14.5. The van der Waals surface area contributed by atoms with Gasteiger partial charge in [-0.05, 0) is 37.8 Å². The molecule has 0 aliphatic carbocycles. The third-order valence-corrected chi connectivity index (χ3v) is 4.93. The molecule has 1 atom stereocenters. The van der Waals surface area contributed by atoms with Crippen molar-refractivity contribution < 1.29 is 4.74 Å². The van der Waals surface area contributed by atoms with Crippen LogP contribution in [-0.2, 0) is 11.2 Å². The van der Waals surface area contributed by atoms with Crippen molar-refractivity contribution in [1.82, 2.24) is 15.2 Å². The lowest BCUT2D eigenvalue weighted by atomic mass is 9.87. The summed E-state index contributed by atoms with van der Waals surface area (Å²) in [5, 5.41) is 3.96. The molecular formula is C17H25ClN4O. The third kappa shape index (κ3) is 4.15. The van der Waals surface area contributed by atoms with E-state index in [2.05, 4.69) is 22.1 Å². The highest BCUT2D eigenvalue weighted by atomic mass is 35.5. The SMILES string of the molecule is CCNC(=NCCc1ccc(Cl)nc1)N1CCC2(CCOC2)C1. The topological polar surface area (TPSA) is 49.8 Å². The first-order chi connectivity index (χ1) is 11.2. The molecule has 3 heterocycles. The van der Waals surface area contributed by atoms with Crippen LogP contribution in [0.4, 0.5) is 0 Å². The second kappa shape index (κ2) is 7.49. The van der Waals surface area contributed by atoms with E-state index in [0.29, 0.717) is 10.6 Å². The Balaban J connectivity index is 1.58. The van der Waals surface area contributed by atoms with E-state index in [0.717, 1.165) is 57.3 Å². The van der Waals surface area contributed by atoms with E-state index in [1.54, 1.807) is 0 Å². The third-order valence-electron chi connectivity index (χ3n) is 4.71. The molecule has 1 spiro atoms. The van der Waals surface area contributed by atoms with Crippen LogP contribution in [0, 0.1) is 5.41 Å². The molecule has 5 nitrogen and oxygen atoms in total. The number of halogens is 1. The summed E-state index contributed by atoms with van der Waals surface area (Å²) >= 11 is 5.82. The summed E-state index contributed by atoms with van der Waals surface area (Å²) < 4.78 is 5.61. The maximum Gasteiger partial charge on any atom is 0.193 e. The molecule has 6 heteroatoms. The predicted molar refractivity (Wildman–Crippen MR) is 93.0 cm³/mol. The van der Waals surface area contributed by atoms with Gasteiger partial charge in [0.05, 0.1) is 6.61 Å². The van der Waals surface area contributed by atoms with Crippen LogP contribution in [0.25, 0.3) is 0 Å². The Kier molecular flexibility index (Phi) is 5.38. The van der Waals surface area contributed by atoms with Crippen molar-refractivity contribution in [3.8, 4) is 0 Å². The van der Waals surface area contributed by atoms with E-state index in [4.69, 9.17) is 21.3 Å². The molecule has 2 fully saturated rings. The van der Waals surface area contributed by atoms with Gasteiger partial charge in [-0.3, -0.25) is 4.99 Å². The van der Waals surface area contributed by atoms with Gasteiger partial charge in [-0.25, -0.2) is 4.98 Å². The number of likely N-dealkylation sites (tertiary alicyclic amines) is 1. The summed E-state index contributed by atoms with van der Waals surface area (Å²) in [5.41, 5.74) is 1.52.